The fourth-order valence-electron chi connectivity index (χ4n) is 5.09. The van der Waals surface area contributed by atoms with Crippen LogP contribution in [0.15, 0.2) is 35.6 Å². The van der Waals surface area contributed by atoms with Gasteiger partial charge in [0.05, 0.1) is 24.0 Å². The molecule has 2 aliphatic carbocycles. The van der Waals surface area contributed by atoms with E-state index in [1.54, 1.807) is 0 Å². The highest BCUT2D eigenvalue weighted by Gasteiger charge is 2.65. The summed E-state index contributed by atoms with van der Waals surface area (Å²) in [6.07, 6.45) is 1.42. The predicted molar refractivity (Wildman–Crippen MR) is 118 cm³/mol. The van der Waals surface area contributed by atoms with Crippen LogP contribution in [0.2, 0.25) is 0 Å². The maximum Gasteiger partial charge on any atom is 0.398 e. The summed E-state index contributed by atoms with van der Waals surface area (Å²) in [5.41, 5.74) is -1.44. The predicted octanol–water partition coefficient (Wildman–Crippen LogP) is 6.37. The van der Waals surface area contributed by atoms with Crippen LogP contribution >= 0.6 is 0 Å². The van der Waals surface area contributed by atoms with E-state index in [1.807, 2.05) is 0 Å². The zero-order valence-corrected chi connectivity index (χ0v) is 18.6. The minimum Gasteiger partial charge on any atom is -0.480 e. The van der Waals surface area contributed by atoms with Crippen LogP contribution in [-0.4, -0.2) is 35.2 Å². The van der Waals surface area contributed by atoms with E-state index in [9.17, 15) is 22.0 Å². The molecule has 2 saturated carbocycles. The van der Waals surface area contributed by atoms with Crippen molar-refractivity contribution in [1.82, 2.24) is 9.97 Å². The molecule has 3 aromatic rings. The number of aliphatic imine (C=N–C) groups is 1. The largest absolute Gasteiger partial charge is 0.480 e. The van der Waals surface area contributed by atoms with Crippen LogP contribution in [0.5, 0.6) is 11.5 Å². The van der Waals surface area contributed by atoms with Gasteiger partial charge in [-0.25, -0.2) is 13.8 Å². The molecule has 35 heavy (non-hydrogen) atoms. The van der Waals surface area contributed by atoms with Crippen LogP contribution in [0.1, 0.15) is 43.2 Å². The molecule has 2 aromatic heterocycles. The maximum atomic E-state index is 15.0. The number of nitrogens with one attached hydrogen (secondary N) is 1. The first kappa shape index (κ1) is 22.3. The lowest BCUT2D eigenvalue weighted by atomic mass is 9.69. The number of aromatic nitrogens is 2. The molecule has 5 nitrogen and oxygen atoms in total. The van der Waals surface area contributed by atoms with E-state index >= 15 is 0 Å². The highest BCUT2D eigenvalue weighted by Crippen LogP contribution is 2.61. The van der Waals surface area contributed by atoms with Gasteiger partial charge in [-0.3, -0.25) is 4.99 Å². The summed E-state index contributed by atoms with van der Waals surface area (Å²) in [5, 5.41) is 0.0695. The number of fused-ring (bicyclic) bond motifs is 1. The van der Waals surface area contributed by atoms with E-state index < -0.39 is 29.0 Å². The molecule has 0 amide bonds. The molecule has 2 fully saturated rings. The summed E-state index contributed by atoms with van der Waals surface area (Å²) in [7, 11) is 0. The summed E-state index contributed by atoms with van der Waals surface area (Å²) in [6.45, 7) is 1.22. The molecule has 1 aliphatic heterocycles. The van der Waals surface area contributed by atoms with Gasteiger partial charge in [0.15, 0.2) is 23.3 Å². The highest BCUT2D eigenvalue weighted by molar-refractivity contribution is 5.88. The van der Waals surface area contributed by atoms with Crippen molar-refractivity contribution in [1.29, 1.82) is 0 Å². The van der Waals surface area contributed by atoms with E-state index in [2.05, 4.69) is 15.0 Å². The highest BCUT2D eigenvalue weighted by atomic mass is 19.4. The fraction of sp³-hybridized carbons (Fsp3) is 0.440. The first-order chi connectivity index (χ1) is 16.7. The molecule has 0 unspecified atom stereocenters. The fourth-order valence-corrected chi connectivity index (χ4v) is 5.09. The van der Waals surface area contributed by atoms with Gasteiger partial charge in [-0.05, 0) is 55.0 Å². The number of ether oxygens (including phenoxy) is 2. The second-order valence-corrected chi connectivity index (χ2v) is 9.83. The van der Waals surface area contributed by atoms with Gasteiger partial charge in [0.1, 0.15) is 11.4 Å². The van der Waals surface area contributed by atoms with Crippen molar-refractivity contribution < 1.29 is 31.4 Å². The van der Waals surface area contributed by atoms with E-state index in [0.717, 1.165) is 31.4 Å². The van der Waals surface area contributed by atoms with Crippen molar-refractivity contribution in [2.24, 2.45) is 10.4 Å². The molecule has 0 radical (unpaired) electrons. The lowest BCUT2D eigenvalue weighted by molar-refractivity contribution is -0.160. The average Bonchev–Trinajstić information content (AvgIpc) is 3.49. The second-order valence-electron chi connectivity index (χ2n) is 9.83. The zero-order valence-electron chi connectivity index (χ0n) is 18.6. The van der Waals surface area contributed by atoms with Crippen LogP contribution in [-0.2, 0) is 16.6 Å². The molecule has 1 aromatic carbocycles. The Bertz CT molecular complexity index is 1320. The van der Waals surface area contributed by atoms with E-state index in [4.69, 9.17) is 9.47 Å². The third-order valence-corrected chi connectivity index (χ3v) is 7.52. The molecular weight excluding hydrogens is 469 g/mol. The summed E-state index contributed by atoms with van der Waals surface area (Å²) in [6, 6.07) is 3.57. The monoisotopic (exact) mass is 491 g/mol. The Kier molecular flexibility index (Phi) is 4.88. The third-order valence-electron chi connectivity index (χ3n) is 7.52. The van der Waals surface area contributed by atoms with Crippen molar-refractivity contribution in [2.75, 3.05) is 13.2 Å². The van der Waals surface area contributed by atoms with Gasteiger partial charge in [-0.15, -0.1) is 0 Å². The molecule has 0 atom stereocenters. The van der Waals surface area contributed by atoms with Crippen LogP contribution in [0, 0.1) is 17.0 Å². The van der Waals surface area contributed by atoms with Gasteiger partial charge >= 0.3 is 6.18 Å². The summed E-state index contributed by atoms with van der Waals surface area (Å²) in [4.78, 5) is 11.2. The Morgan fingerprint density at radius 1 is 1.09 bits per heavy atom. The molecule has 1 N–H and O–H groups in total. The quantitative estimate of drug-likeness (QED) is 0.422. The van der Waals surface area contributed by atoms with Crippen molar-refractivity contribution in [3.8, 4) is 11.5 Å². The first-order valence-corrected chi connectivity index (χ1v) is 11.6. The minimum absolute atomic E-state index is 0.0303. The van der Waals surface area contributed by atoms with E-state index in [-0.39, 0.29) is 47.0 Å². The van der Waals surface area contributed by atoms with Crippen LogP contribution in [0.4, 0.5) is 22.0 Å². The molecule has 10 heteroatoms. The molecule has 0 saturated heterocycles. The minimum atomic E-state index is -4.46. The van der Waals surface area contributed by atoms with Gasteiger partial charge in [0, 0.05) is 24.2 Å². The van der Waals surface area contributed by atoms with Crippen LogP contribution in [0.3, 0.4) is 0 Å². The number of pyridine rings is 1. The standard InChI is InChI=1S/C25H22F5N3O2/c26-16-8-14(10-19-33-12-23(13-34-19)3-1-4-23)9-17(27)21(16)35-18-2-7-31-22-20(18)15(11-32-22)24(5-6-24)25(28,29)30/h2,7-9,11H,1,3-6,10,12-13H2,(H,31,32). The number of hydrogen-bond donors (Lipinski definition) is 1. The van der Waals surface area contributed by atoms with Crippen molar-refractivity contribution in [2.45, 2.75) is 50.1 Å². The summed E-state index contributed by atoms with van der Waals surface area (Å²) < 4.78 is 82.5. The molecule has 6 rings (SSSR count). The van der Waals surface area contributed by atoms with Crippen LogP contribution < -0.4 is 4.74 Å². The van der Waals surface area contributed by atoms with Crippen LogP contribution in [0.25, 0.3) is 11.0 Å². The molecule has 3 aliphatic rings. The number of rotatable bonds is 5. The normalized spacial score (nSPS) is 20.3. The molecular formula is C25H22F5N3O2. The SMILES string of the molecule is Fc1cc(CC2=NCC3(CCC3)CO2)cc(F)c1Oc1ccnc2[nH]cc(C3(C(F)(F)F)CC3)c12. The van der Waals surface area contributed by atoms with Gasteiger partial charge in [0.25, 0.3) is 0 Å². The van der Waals surface area contributed by atoms with Crippen molar-refractivity contribution >= 4 is 16.9 Å². The Morgan fingerprint density at radius 3 is 2.40 bits per heavy atom. The van der Waals surface area contributed by atoms with Crippen molar-refractivity contribution in [3.05, 3.63) is 53.4 Å². The Balaban J connectivity index is 1.28. The lowest BCUT2D eigenvalue weighted by Gasteiger charge is -2.42. The van der Waals surface area contributed by atoms with E-state index in [1.165, 1.54) is 18.5 Å². The number of H-pyrrole nitrogens is 1. The first-order valence-electron chi connectivity index (χ1n) is 11.6. The van der Waals surface area contributed by atoms with Gasteiger partial charge in [-0.2, -0.15) is 13.2 Å². The Labute approximate surface area is 197 Å². The second kappa shape index (κ2) is 7.66. The molecule has 0 bridgehead atoms. The Morgan fingerprint density at radius 2 is 1.83 bits per heavy atom. The topological polar surface area (TPSA) is 59.5 Å². The maximum absolute atomic E-state index is 15.0. The van der Waals surface area contributed by atoms with Gasteiger partial charge in [-0.1, -0.05) is 6.42 Å². The number of benzene rings is 1. The molecule has 3 heterocycles. The summed E-state index contributed by atoms with van der Waals surface area (Å²) >= 11 is 0. The van der Waals surface area contributed by atoms with Gasteiger partial charge in [0.2, 0.25) is 0 Å². The Hall–Kier alpha value is -3.17. The third kappa shape index (κ3) is 3.65. The molecule has 1 spiro atoms. The lowest BCUT2D eigenvalue weighted by Crippen LogP contribution is -2.41. The zero-order chi connectivity index (χ0) is 24.4. The number of halogens is 5. The van der Waals surface area contributed by atoms with Crippen molar-refractivity contribution in [3.63, 3.8) is 0 Å². The smallest absolute Gasteiger partial charge is 0.398 e. The van der Waals surface area contributed by atoms with E-state index in [0.29, 0.717) is 24.6 Å². The average molecular weight is 491 g/mol. The number of nitrogens with zero attached hydrogens (tertiary/aromatic N) is 2. The summed E-state index contributed by atoms with van der Waals surface area (Å²) in [5.74, 6) is -2.29. The number of hydrogen-bond acceptors (Lipinski definition) is 4. The number of alkyl halides is 3. The molecule has 184 valence electrons. The number of aromatic amines is 1. The van der Waals surface area contributed by atoms with Gasteiger partial charge < -0.3 is 14.5 Å².